The van der Waals surface area contributed by atoms with Crippen molar-refractivity contribution in [3.05, 3.63) is 39.7 Å². The molecule has 1 amide bonds. The zero-order valence-electron chi connectivity index (χ0n) is 11.1. The molecule has 2 aromatic rings. The Kier molecular flexibility index (Phi) is 4.52. The van der Waals surface area contributed by atoms with Crippen LogP contribution < -0.4 is 5.32 Å². The monoisotopic (exact) mass is 294 g/mol. The number of carbonyl (C=O) groups is 2. The first-order valence-electron chi connectivity index (χ1n) is 5.94. The number of nitrogens with zero attached hydrogens (tertiary/aromatic N) is 1. The lowest BCUT2D eigenvalue weighted by Crippen LogP contribution is -2.24. The number of furan rings is 1. The summed E-state index contributed by atoms with van der Waals surface area (Å²) in [5, 5.41) is 3.31. The molecule has 6 nitrogen and oxygen atoms in total. The Bertz CT molecular complexity index is 604. The topological polar surface area (TPSA) is 81.4 Å². The van der Waals surface area contributed by atoms with Gasteiger partial charge in [-0.2, -0.15) is 0 Å². The van der Waals surface area contributed by atoms with Gasteiger partial charge in [-0.05, 0) is 19.1 Å². The molecule has 7 heteroatoms. The van der Waals surface area contributed by atoms with Crippen molar-refractivity contribution >= 4 is 23.2 Å². The van der Waals surface area contributed by atoms with E-state index in [0.29, 0.717) is 27.9 Å². The highest BCUT2D eigenvalue weighted by molar-refractivity contribution is 7.13. The van der Waals surface area contributed by atoms with E-state index in [1.807, 2.05) is 0 Å². The van der Waals surface area contributed by atoms with Crippen LogP contribution in [0.15, 0.2) is 22.8 Å². The highest BCUT2D eigenvalue weighted by atomic mass is 32.1. The van der Waals surface area contributed by atoms with Crippen molar-refractivity contribution in [2.75, 3.05) is 7.11 Å². The standard InChI is InChI=1S/C13H14N2O4S/c1-8-12(13(17)18-2)20-11(15-8)6-10(16)14-7-9-4-3-5-19-9/h3-5H,6-7H2,1-2H3,(H,14,16). The summed E-state index contributed by atoms with van der Waals surface area (Å²) in [5.74, 6) is 0.0812. The number of carbonyl (C=O) groups excluding carboxylic acids is 2. The Balaban J connectivity index is 1.92. The molecule has 0 spiro atoms. The third-order valence-electron chi connectivity index (χ3n) is 2.56. The van der Waals surface area contributed by atoms with Crippen molar-refractivity contribution in [3.8, 4) is 0 Å². The average Bonchev–Trinajstić information content (AvgIpc) is 3.05. The van der Waals surface area contributed by atoms with Crippen molar-refractivity contribution in [2.24, 2.45) is 0 Å². The number of hydrogen-bond donors (Lipinski definition) is 1. The second-order valence-electron chi connectivity index (χ2n) is 4.05. The van der Waals surface area contributed by atoms with E-state index in [1.165, 1.54) is 18.4 Å². The van der Waals surface area contributed by atoms with E-state index < -0.39 is 5.97 Å². The van der Waals surface area contributed by atoms with Gasteiger partial charge < -0.3 is 14.5 Å². The fourth-order valence-corrected chi connectivity index (χ4v) is 2.59. The lowest BCUT2D eigenvalue weighted by atomic mass is 10.3. The number of esters is 1. The van der Waals surface area contributed by atoms with Crippen LogP contribution in [0.25, 0.3) is 0 Å². The highest BCUT2D eigenvalue weighted by Gasteiger charge is 2.17. The van der Waals surface area contributed by atoms with Crippen LogP contribution in [-0.4, -0.2) is 24.0 Å². The van der Waals surface area contributed by atoms with E-state index in [1.54, 1.807) is 25.3 Å². The summed E-state index contributed by atoms with van der Waals surface area (Å²) in [7, 11) is 1.32. The first-order valence-corrected chi connectivity index (χ1v) is 6.75. The van der Waals surface area contributed by atoms with Crippen molar-refractivity contribution in [3.63, 3.8) is 0 Å². The molecule has 0 aliphatic carbocycles. The molecule has 20 heavy (non-hydrogen) atoms. The van der Waals surface area contributed by atoms with Crippen LogP contribution in [0.2, 0.25) is 0 Å². The predicted molar refractivity (Wildman–Crippen MR) is 72.4 cm³/mol. The minimum atomic E-state index is -0.428. The fourth-order valence-electron chi connectivity index (χ4n) is 1.61. The Morgan fingerprint density at radius 3 is 2.95 bits per heavy atom. The fraction of sp³-hybridized carbons (Fsp3) is 0.308. The van der Waals surface area contributed by atoms with Crippen molar-refractivity contribution in [2.45, 2.75) is 19.9 Å². The second kappa shape index (κ2) is 6.33. The molecule has 0 aliphatic rings. The van der Waals surface area contributed by atoms with Gasteiger partial charge in [0.25, 0.3) is 0 Å². The van der Waals surface area contributed by atoms with E-state index >= 15 is 0 Å². The number of hydrogen-bond acceptors (Lipinski definition) is 6. The molecule has 2 rings (SSSR count). The number of nitrogens with one attached hydrogen (secondary N) is 1. The van der Waals surface area contributed by atoms with Gasteiger partial charge in [-0.15, -0.1) is 11.3 Å². The van der Waals surface area contributed by atoms with Gasteiger partial charge in [-0.1, -0.05) is 0 Å². The Morgan fingerprint density at radius 2 is 2.30 bits per heavy atom. The number of thiazole rings is 1. The molecular weight excluding hydrogens is 280 g/mol. The van der Waals surface area contributed by atoms with Gasteiger partial charge in [0.15, 0.2) is 0 Å². The maximum absolute atomic E-state index is 11.8. The van der Waals surface area contributed by atoms with Crippen LogP contribution in [0.5, 0.6) is 0 Å². The van der Waals surface area contributed by atoms with Crippen LogP contribution in [0.3, 0.4) is 0 Å². The SMILES string of the molecule is COC(=O)c1sc(CC(=O)NCc2ccco2)nc1C. The van der Waals surface area contributed by atoms with Gasteiger partial charge in [0.05, 0.1) is 32.0 Å². The summed E-state index contributed by atoms with van der Waals surface area (Å²) in [6.07, 6.45) is 1.68. The summed E-state index contributed by atoms with van der Waals surface area (Å²) < 4.78 is 9.76. The zero-order chi connectivity index (χ0) is 14.5. The zero-order valence-corrected chi connectivity index (χ0v) is 12.0. The maximum atomic E-state index is 11.8. The van der Waals surface area contributed by atoms with Gasteiger partial charge in [0.1, 0.15) is 15.6 Å². The molecule has 1 N–H and O–H groups in total. The van der Waals surface area contributed by atoms with E-state index in [2.05, 4.69) is 15.0 Å². The number of methoxy groups -OCH3 is 1. The molecule has 0 radical (unpaired) electrons. The minimum Gasteiger partial charge on any atom is -0.467 e. The Morgan fingerprint density at radius 1 is 1.50 bits per heavy atom. The maximum Gasteiger partial charge on any atom is 0.349 e. The number of amides is 1. The molecule has 0 saturated carbocycles. The van der Waals surface area contributed by atoms with Crippen LogP contribution in [0.4, 0.5) is 0 Å². The molecule has 0 aliphatic heterocycles. The second-order valence-corrected chi connectivity index (χ2v) is 5.13. The van der Waals surface area contributed by atoms with E-state index in [9.17, 15) is 9.59 Å². The molecule has 2 aromatic heterocycles. The summed E-state index contributed by atoms with van der Waals surface area (Å²) >= 11 is 1.17. The van der Waals surface area contributed by atoms with Crippen molar-refractivity contribution < 1.29 is 18.7 Å². The molecule has 0 atom stereocenters. The number of ether oxygens (including phenoxy) is 1. The van der Waals surface area contributed by atoms with E-state index in [0.717, 1.165) is 0 Å². The lowest BCUT2D eigenvalue weighted by molar-refractivity contribution is -0.120. The van der Waals surface area contributed by atoms with Crippen LogP contribution in [0, 0.1) is 6.92 Å². The van der Waals surface area contributed by atoms with Crippen LogP contribution in [0.1, 0.15) is 26.1 Å². The van der Waals surface area contributed by atoms with Crippen LogP contribution in [-0.2, 0) is 22.5 Å². The molecule has 0 aromatic carbocycles. The molecule has 0 unspecified atom stereocenters. The Hall–Kier alpha value is -2.15. The summed E-state index contributed by atoms with van der Waals surface area (Å²) in [6, 6.07) is 3.54. The van der Waals surface area contributed by atoms with E-state index in [4.69, 9.17) is 4.42 Å². The molecule has 2 heterocycles. The lowest BCUT2D eigenvalue weighted by Gasteiger charge is -2.00. The summed E-state index contributed by atoms with van der Waals surface area (Å²) in [6.45, 7) is 2.05. The molecular formula is C13H14N2O4S. The highest BCUT2D eigenvalue weighted by Crippen LogP contribution is 2.19. The van der Waals surface area contributed by atoms with Gasteiger partial charge in [0, 0.05) is 0 Å². The molecule has 106 valence electrons. The summed E-state index contributed by atoms with van der Waals surface area (Å²) in [4.78, 5) is 27.8. The quantitative estimate of drug-likeness (QED) is 0.849. The van der Waals surface area contributed by atoms with Gasteiger partial charge >= 0.3 is 5.97 Å². The van der Waals surface area contributed by atoms with Gasteiger partial charge in [0.2, 0.25) is 5.91 Å². The third kappa shape index (κ3) is 3.45. The predicted octanol–water partition coefficient (Wildman–Crippen LogP) is 1.69. The largest absolute Gasteiger partial charge is 0.467 e. The number of aryl methyl sites for hydroxylation is 1. The first-order chi connectivity index (χ1) is 9.60. The first kappa shape index (κ1) is 14.3. The normalized spacial score (nSPS) is 10.3. The minimum absolute atomic E-state index is 0.128. The Labute approximate surface area is 119 Å². The van der Waals surface area contributed by atoms with Crippen molar-refractivity contribution in [1.29, 1.82) is 0 Å². The summed E-state index contributed by atoms with van der Waals surface area (Å²) in [5.41, 5.74) is 0.579. The van der Waals surface area contributed by atoms with Crippen LogP contribution >= 0.6 is 11.3 Å². The van der Waals surface area contributed by atoms with Gasteiger partial charge in [-0.25, -0.2) is 9.78 Å². The molecule has 0 bridgehead atoms. The van der Waals surface area contributed by atoms with Crippen molar-refractivity contribution in [1.82, 2.24) is 10.3 Å². The smallest absolute Gasteiger partial charge is 0.349 e. The molecule has 0 saturated heterocycles. The third-order valence-corrected chi connectivity index (χ3v) is 3.70. The molecule has 0 fully saturated rings. The average molecular weight is 294 g/mol. The number of aromatic nitrogens is 1. The van der Waals surface area contributed by atoms with E-state index in [-0.39, 0.29) is 12.3 Å². The van der Waals surface area contributed by atoms with Gasteiger partial charge in [-0.3, -0.25) is 4.79 Å². The number of rotatable bonds is 5.